The number of oxazole rings is 1. The molecule has 3 nitrogen and oxygen atoms in total. The first-order chi connectivity index (χ1) is 9.81. The van der Waals surface area contributed by atoms with Crippen LogP contribution in [0.5, 0.6) is 0 Å². The molecule has 0 aliphatic carbocycles. The van der Waals surface area contributed by atoms with Crippen LogP contribution in [-0.2, 0) is 6.61 Å². The molecule has 1 N–H and O–H groups in total. The molecule has 0 bridgehead atoms. The summed E-state index contributed by atoms with van der Waals surface area (Å²) >= 11 is 0. The van der Waals surface area contributed by atoms with Crippen LogP contribution in [0.3, 0.4) is 0 Å². The lowest BCUT2D eigenvalue weighted by Crippen LogP contribution is -1.85. The topological polar surface area (TPSA) is 46.3 Å². The molecule has 0 atom stereocenters. The van der Waals surface area contributed by atoms with Crippen LogP contribution in [0.1, 0.15) is 53.0 Å². The van der Waals surface area contributed by atoms with Crippen molar-refractivity contribution in [3.63, 3.8) is 0 Å². The summed E-state index contributed by atoms with van der Waals surface area (Å²) in [5, 5.41) is 8.96. The smallest absolute Gasteiger partial charge is 0.226 e. The molecule has 1 heterocycles. The third kappa shape index (κ3) is 6.53. The summed E-state index contributed by atoms with van der Waals surface area (Å²) < 4.78 is 5.42. The van der Waals surface area contributed by atoms with E-state index >= 15 is 0 Å². The average Bonchev–Trinajstić information content (AvgIpc) is 2.95. The second-order valence-corrected chi connectivity index (χ2v) is 3.05. The van der Waals surface area contributed by atoms with Gasteiger partial charge in [-0.2, -0.15) is 0 Å². The Hall–Kier alpha value is -1.61. The summed E-state index contributed by atoms with van der Waals surface area (Å²) in [5.74, 6) is 1.23. The Morgan fingerprint density at radius 1 is 0.950 bits per heavy atom. The molecule has 0 aliphatic heterocycles. The van der Waals surface area contributed by atoms with Crippen molar-refractivity contribution in [3.8, 4) is 11.5 Å². The Labute approximate surface area is 123 Å². The van der Waals surface area contributed by atoms with Crippen molar-refractivity contribution >= 4 is 0 Å². The van der Waals surface area contributed by atoms with Crippen molar-refractivity contribution in [2.75, 3.05) is 0 Å². The van der Waals surface area contributed by atoms with Gasteiger partial charge in [0.2, 0.25) is 5.89 Å². The van der Waals surface area contributed by atoms with E-state index in [0.717, 1.165) is 5.56 Å². The lowest BCUT2D eigenvalue weighted by Gasteiger charge is -1.91. The van der Waals surface area contributed by atoms with Gasteiger partial charge in [-0.3, -0.25) is 0 Å². The minimum Gasteiger partial charge on any atom is -0.441 e. The maximum absolute atomic E-state index is 8.96. The van der Waals surface area contributed by atoms with Crippen LogP contribution >= 0.6 is 0 Å². The molecule has 1 aromatic carbocycles. The normalized spacial score (nSPS) is 8.20. The Kier molecular flexibility index (Phi) is 14.3. The van der Waals surface area contributed by atoms with Gasteiger partial charge in [-0.1, -0.05) is 59.7 Å². The van der Waals surface area contributed by atoms with Crippen molar-refractivity contribution in [1.29, 1.82) is 0 Å². The van der Waals surface area contributed by atoms with E-state index in [-0.39, 0.29) is 6.61 Å². The number of aliphatic hydroxyl groups excluding tert-OH is 1. The molecule has 2 rings (SSSR count). The monoisotopic (exact) mass is 279 g/mol. The van der Waals surface area contributed by atoms with E-state index in [1.165, 1.54) is 0 Å². The van der Waals surface area contributed by atoms with Gasteiger partial charge in [0.25, 0.3) is 0 Å². The predicted molar refractivity (Wildman–Crippen MR) is 86.6 cm³/mol. The molecule has 20 heavy (non-hydrogen) atoms. The molecule has 0 spiro atoms. The molecule has 0 aliphatic rings. The second-order valence-electron chi connectivity index (χ2n) is 3.05. The summed E-state index contributed by atoms with van der Waals surface area (Å²) in [6.07, 6.45) is 0. The maximum atomic E-state index is 8.96. The SMILES string of the molecule is CC.CC.CC.Cc1oc(-c2ccccc2)nc1CO. The molecule has 3 heteroatoms. The second kappa shape index (κ2) is 13.8. The summed E-state index contributed by atoms with van der Waals surface area (Å²) in [4.78, 5) is 4.18. The fourth-order valence-corrected chi connectivity index (χ4v) is 1.28. The number of hydrogen-bond donors (Lipinski definition) is 1. The van der Waals surface area contributed by atoms with Crippen molar-refractivity contribution in [3.05, 3.63) is 41.8 Å². The number of nitrogens with zero attached hydrogens (tertiary/aromatic N) is 1. The summed E-state index contributed by atoms with van der Waals surface area (Å²) in [6.45, 7) is 13.7. The van der Waals surface area contributed by atoms with Gasteiger partial charge in [0, 0.05) is 5.56 Å². The Morgan fingerprint density at radius 2 is 1.45 bits per heavy atom. The molecular weight excluding hydrogens is 250 g/mol. The van der Waals surface area contributed by atoms with Gasteiger partial charge in [0.15, 0.2) is 0 Å². The molecule has 0 unspecified atom stereocenters. The minimum atomic E-state index is -0.0812. The maximum Gasteiger partial charge on any atom is 0.226 e. The van der Waals surface area contributed by atoms with Crippen LogP contribution in [0.25, 0.3) is 11.5 Å². The van der Waals surface area contributed by atoms with Crippen LogP contribution in [-0.4, -0.2) is 10.1 Å². The first kappa shape index (κ1) is 20.7. The third-order valence-corrected chi connectivity index (χ3v) is 2.06. The largest absolute Gasteiger partial charge is 0.441 e. The zero-order valence-corrected chi connectivity index (χ0v) is 13.9. The van der Waals surface area contributed by atoms with Crippen LogP contribution in [0.2, 0.25) is 0 Å². The van der Waals surface area contributed by atoms with Gasteiger partial charge in [-0.05, 0) is 19.1 Å². The van der Waals surface area contributed by atoms with Crippen LogP contribution in [0.15, 0.2) is 34.7 Å². The number of rotatable bonds is 2. The zero-order chi connectivity index (χ0) is 16.0. The lowest BCUT2D eigenvalue weighted by molar-refractivity contribution is 0.275. The van der Waals surface area contributed by atoms with Gasteiger partial charge < -0.3 is 9.52 Å². The summed E-state index contributed by atoms with van der Waals surface area (Å²) in [5.41, 5.74) is 1.53. The van der Waals surface area contributed by atoms with Gasteiger partial charge in [-0.25, -0.2) is 4.98 Å². The Balaban J connectivity index is 0. The Morgan fingerprint density at radius 3 is 1.85 bits per heavy atom. The van der Waals surface area contributed by atoms with Crippen molar-refractivity contribution in [1.82, 2.24) is 4.98 Å². The van der Waals surface area contributed by atoms with E-state index in [0.29, 0.717) is 17.3 Å². The molecule has 0 amide bonds. The van der Waals surface area contributed by atoms with E-state index in [2.05, 4.69) is 4.98 Å². The number of benzene rings is 1. The molecule has 1 aromatic heterocycles. The molecule has 0 saturated heterocycles. The highest BCUT2D eigenvalue weighted by Crippen LogP contribution is 2.20. The quantitative estimate of drug-likeness (QED) is 0.819. The van der Waals surface area contributed by atoms with Crippen LogP contribution < -0.4 is 0 Å². The minimum absolute atomic E-state index is 0.0812. The average molecular weight is 279 g/mol. The molecule has 0 saturated carbocycles. The van der Waals surface area contributed by atoms with Crippen LogP contribution in [0.4, 0.5) is 0 Å². The number of aromatic nitrogens is 1. The predicted octanol–water partition coefficient (Wildman–Crippen LogP) is 5.22. The Bertz CT molecular complexity index is 422. The molecule has 2 aromatic rings. The highest BCUT2D eigenvalue weighted by molar-refractivity contribution is 5.53. The zero-order valence-electron chi connectivity index (χ0n) is 13.9. The highest BCUT2D eigenvalue weighted by Gasteiger charge is 2.09. The van der Waals surface area contributed by atoms with Crippen molar-refractivity contribution in [2.45, 2.75) is 55.1 Å². The molecule has 114 valence electrons. The fraction of sp³-hybridized carbons (Fsp3) is 0.471. The standard InChI is InChI=1S/C11H11NO2.3C2H6/c1-8-10(7-13)12-11(14-8)9-5-3-2-4-6-9;3*1-2/h2-6,13H,7H2,1H3;3*1-2H3. The number of aliphatic hydroxyl groups is 1. The van der Waals surface area contributed by atoms with Crippen LogP contribution in [0, 0.1) is 6.92 Å². The molecule has 0 fully saturated rings. The van der Waals surface area contributed by atoms with E-state index in [4.69, 9.17) is 9.52 Å². The summed E-state index contributed by atoms with van der Waals surface area (Å²) in [7, 11) is 0. The van der Waals surface area contributed by atoms with E-state index in [1.807, 2.05) is 71.9 Å². The van der Waals surface area contributed by atoms with E-state index in [1.54, 1.807) is 6.92 Å². The van der Waals surface area contributed by atoms with Gasteiger partial charge in [0.05, 0.1) is 6.61 Å². The highest BCUT2D eigenvalue weighted by atomic mass is 16.4. The summed E-state index contributed by atoms with van der Waals surface area (Å²) in [6, 6.07) is 9.63. The molecule has 0 radical (unpaired) electrons. The first-order valence-electron chi connectivity index (χ1n) is 7.44. The van der Waals surface area contributed by atoms with E-state index in [9.17, 15) is 0 Å². The van der Waals surface area contributed by atoms with Gasteiger partial charge in [0.1, 0.15) is 11.5 Å². The van der Waals surface area contributed by atoms with Crippen molar-refractivity contribution < 1.29 is 9.52 Å². The third-order valence-electron chi connectivity index (χ3n) is 2.06. The van der Waals surface area contributed by atoms with Gasteiger partial charge >= 0.3 is 0 Å². The number of hydrogen-bond acceptors (Lipinski definition) is 3. The molecular formula is C17H29NO2. The van der Waals surface area contributed by atoms with Crippen molar-refractivity contribution in [2.24, 2.45) is 0 Å². The van der Waals surface area contributed by atoms with E-state index < -0.39 is 0 Å². The van der Waals surface area contributed by atoms with Gasteiger partial charge in [-0.15, -0.1) is 0 Å². The number of aryl methyl sites for hydroxylation is 1. The fourth-order valence-electron chi connectivity index (χ4n) is 1.28. The first-order valence-corrected chi connectivity index (χ1v) is 7.44. The lowest BCUT2D eigenvalue weighted by atomic mass is 10.2.